The van der Waals surface area contributed by atoms with E-state index >= 15 is 0 Å². The summed E-state index contributed by atoms with van der Waals surface area (Å²) in [5.41, 5.74) is 1.93. The van der Waals surface area contributed by atoms with E-state index in [0.29, 0.717) is 13.2 Å². The smallest absolute Gasteiger partial charge is 0.254 e. The second kappa shape index (κ2) is 6.16. The molecular weight excluding hydrogens is 264 g/mol. The minimum atomic E-state index is -0.123. The van der Waals surface area contributed by atoms with Crippen LogP contribution in [0.25, 0.3) is 0 Å². The minimum Gasteiger partial charge on any atom is -0.371 e. The van der Waals surface area contributed by atoms with Gasteiger partial charge in [0, 0.05) is 12.1 Å². The van der Waals surface area contributed by atoms with Gasteiger partial charge in [-0.1, -0.05) is 19.1 Å². The number of amides is 1. The van der Waals surface area contributed by atoms with Crippen LogP contribution >= 0.6 is 0 Å². The first-order valence-corrected chi connectivity index (χ1v) is 7.95. The second-order valence-corrected chi connectivity index (χ2v) is 6.06. The third-order valence-corrected chi connectivity index (χ3v) is 4.66. The summed E-state index contributed by atoms with van der Waals surface area (Å²) < 4.78 is 6.03. The molecule has 2 aliphatic rings. The highest BCUT2D eigenvalue weighted by atomic mass is 16.5. The van der Waals surface area contributed by atoms with E-state index < -0.39 is 0 Å². The van der Waals surface area contributed by atoms with Crippen LogP contribution in [-0.4, -0.2) is 49.2 Å². The van der Waals surface area contributed by atoms with Gasteiger partial charge in [-0.25, -0.2) is 0 Å². The van der Waals surface area contributed by atoms with Gasteiger partial charge in [-0.2, -0.15) is 0 Å². The number of hydrogen-bond acceptors (Lipinski definition) is 3. The molecule has 114 valence electrons. The summed E-state index contributed by atoms with van der Waals surface area (Å²) in [5, 5.41) is 3.36. The van der Waals surface area contributed by atoms with Crippen LogP contribution < -0.4 is 5.32 Å². The molecule has 0 aliphatic carbocycles. The van der Waals surface area contributed by atoms with Gasteiger partial charge in [-0.15, -0.1) is 0 Å². The molecule has 4 heteroatoms. The Kier molecular flexibility index (Phi) is 4.27. The topological polar surface area (TPSA) is 41.6 Å². The number of nitrogens with one attached hydrogen (secondary N) is 1. The molecule has 0 atom stereocenters. The monoisotopic (exact) mass is 288 g/mol. The SMILES string of the molecule is CCc1ccc(C(=O)N2CCOC3(CCNCC3)C2)cc1. The van der Waals surface area contributed by atoms with Crippen molar-refractivity contribution < 1.29 is 9.53 Å². The number of hydrogen-bond donors (Lipinski definition) is 1. The van der Waals surface area contributed by atoms with Crippen molar-refractivity contribution in [1.29, 1.82) is 0 Å². The average Bonchev–Trinajstić information content (AvgIpc) is 2.55. The number of piperidine rings is 1. The molecule has 21 heavy (non-hydrogen) atoms. The summed E-state index contributed by atoms with van der Waals surface area (Å²) in [7, 11) is 0. The van der Waals surface area contributed by atoms with Gasteiger partial charge < -0.3 is 15.0 Å². The van der Waals surface area contributed by atoms with Crippen LogP contribution in [0.5, 0.6) is 0 Å². The molecule has 2 aliphatic heterocycles. The van der Waals surface area contributed by atoms with Crippen molar-refractivity contribution in [2.45, 2.75) is 31.8 Å². The number of carbonyl (C=O) groups excluding carboxylic acids is 1. The lowest BCUT2D eigenvalue weighted by molar-refractivity contribution is -0.114. The van der Waals surface area contributed by atoms with E-state index in [2.05, 4.69) is 12.2 Å². The maximum atomic E-state index is 12.7. The van der Waals surface area contributed by atoms with Crippen molar-refractivity contribution in [3.63, 3.8) is 0 Å². The molecule has 3 rings (SSSR count). The molecule has 0 radical (unpaired) electrons. The van der Waals surface area contributed by atoms with Crippen LogP contribution in [-0.2, 0) is 11.2 Å². The number of benzene rings is 1. The minimum absolute atomic E-state index is 0.123. The highest BCUT2D eigenvalue weighted by Gasteiger charge is 2.39. The molecule has 1 aromatic rings. The largest absolute Gasteiger partial charge is 0.371 e. The Morgan fingerprint density at radius 2 is 2.00 bits per heavy atom. The van der Waals surface area contributed by atoms with Crippen LogP contribution in [0.1, 0.15) is 35.7 Å². The lowest BCUT2D eigenvalue weighted by Crippen LogP contribution is -2.57. The van der Waals surface area contributed by atoms with Gasteiger partial charge in [-0.3, -0.25) is 4.79 Å². The Morgan fingerprint density at radius 1 is 1.29 bits per heavy atom. The van der Waals surface area contributed by atoms with E-state index in [9.17, 15) is 4.79 Å². The zero-order valence-electron chi connectivity index (χ0n) is 12.7. The van der Waals surface area contributed by atoms with E-state index in [1.54, 1.807) is 0 Å². The third-order valence-electron chi connectivity index (χ3n) is 4.66. The molecule has 2 saturated heterocycles. The fourth-order valence-corrected chi connectivity index (χ4v) is 3.27. The molecule has 0 aromatic heterocycles. The summed E-state index contributed by atoms with van der Waals surface area (Å²) in [6.07, 6.45) is 2.99. The summed E-state index contributed by atoms with van der Waals surface area (Å²) in [5.74, 6) is 0.138. The standard InChI is InChI=1S/C17H24N2O2/c1-2-14-3-5-15(6-4-14)16(20)19-11-12-21-17(13-19)7-9-18-10-8-17/h3-6,18H,2,7-13H2,1H3. The molecule has 4 nitrogen and oxygen atoms in total. The van der Waals surface area contributed by atoms with Gasteiger partial charge in [-0.05, 0) is 50.0 Å². The van der Waals surface area contributed by atoms with Crippen LogP contribution in [0.4, 0.5) is 0 Å². The average molecular weight is 288 g/mol. The van der Waals surface area contributed by atoms with Gasteiger partial charge in [0.2, 0.25) is 0 Å². The maximum absolute atomic E-state index is 12.7. The molecule has 0 bridgehead atoms. The second-order valence-electron chi connectivity index (χ2n) is 6.06. The van der Waals surface area contributed by atoms with Gasteiger partial charge in [0.25, 0.3) is 5.91 Å². The van der Waals surface area contributed by atoms with Gasteiger partial charge in [0.1, 0.15) is 0 Å². The normalized spacial score (nSPS) is 21.5. The molecule has 1 spiro atoms. The quantitative estimate of drug-likeness (QED) is 0.903. The van der Waals surface area contributed by atoms with E-state index in [1.165, 1.54) is 5.56 Å². The summed E-state index contributed by atoms with van der Waals surface area (Å²) in [6.45, 7) is 6.16. The first kappa shape index (κ1) is 14.5. The van der Waals surface area contributed by atoms with Crippen LogP contribution in [0.15, 0.2) is 24.3 Å². The highest BCUT2D eigenvalue weighted by molar-refractivity contribution is 5.94. The lowest BCUT2D eigenvalue weighted by atomic mass is 9.90. The van der Waals surface area contributed by atoms with Crippen molar-refractivity contribution in [2.75, 3.05) is 32.8 Å². The number of aryl methyl sites for hydroxylation is 1. The predicted molar refractivity (Wildman–Crippen MR) is 82.5 cm³/mol. The fourth-order valence-electron chi connectivity index (χ4n) is 3.27. The third kappa shape index (κ3) is 3.11. The van der Waals surface area contributed by atoms with Crippen molar-refractivity contribution in [1.82, 2.24) is 10.2 Å². The number of carbonyl (C=O) groups is 1. The van der Waals surface area contributed by atoms with E-state index in [-0.39, 0.29) is 11.5 Å². The van der Waals surface area contributed by atoms with Crippen LogP contribution in [0.2, 0.25) is 0 Å². The summed E-state index contributed by atoms with van der Waals surface area (Å²) in [6, 6.07) is 8.00. The first-order valence-electron chi connectivity index (χ1n) is 7.95. The molecule has 0 saturated carbocycles. The summed E-state index contributed by atoms with van der Waals surface area (Å²) in [4.78, 5) is 14.6. The predicted octanol–water partition coefficient (Wildman–Crippen LogP) is 1.84. The Labute approximate surface area is 126 Å². The van der Waals surface area contributed by atoms with Gasteiger partial charge >= 0.3 is 0 Å². The van der Waals surface area contributed by atoms with Crippen LogP contribution in [0, 0.1) is 0 Å². The maximum Gasteiger partial charge on any atom is 0.254 e. The van der Waals surface area contributed by atoms with Crippen molar-refractivity contribution in [3.05, 3.63) is 35.4 Å². The molecule has 1 N–H and O–H groups in total. The Morgan fingerprint density at radius 3 is 2.67 bits per heavy atom. The zero-order chi connectivity index (χ0) is 14.7. The van der Waals surface area contributed by atoms with Crippen molar-refractivity contribution in [2.24, 2.45) is 0 Å². The summed E-state index contributed by atoms with van der Waals surface area (Å²) >= 11 is 0. The first-order chi connectivity index (χ1) is 10.2. The Hall–Kier alpha value is -1.39. The van der Waals surface area contributed by atoms with Gasteiger partial charge in [0.15, 0.2) is 0 Å². The molecule has 1 amide bonds. The number of nitrogens with zero attached hydrogens (tertiary/aromatic N) is 1. The molecular formula is C17H24N2O2. The number of morpholine rings is 1. The van der Waals surface area contributed by atoms with E-state index in [0.717, 1.165) is 44.5 Å². The van der Waals surface area contributed by atoms with Crippen molar-refractivity contribution in [3.8, 4) is 0 Å². The molecule has 0 unspecified atom stereocenters. The highest BCUT2D eigenvalue weighted by Crippen LogP contribution is 2.28. The number of rotatable bonds is 2. The Bertz CT molecular complexity index is 487. The van der Waals surface area contributed by atoms with Gasteiger partial charge in [0.05, 0.1) is 18.8 Å². The fraction of sp³-hybridized carbons (Fsp3) is 0.588. The van der Waals surface area contributed by atoms with Crippen molar-refractivity contribution >= 4 is 5.91 Å². The lowest BCUT2D eigenvalue weighted by Gasteiger charge is -2.45. The molecule has 2 fully saturated rings. The Balaban J connectivity index is 1.71. The van der Waals surface area contributed by atoms with E-state index in [4.69, 9.17) is 4.74 Å². The number of ether oxygens (including phenoxy) is 1. The van der Waals surface area contributed by atoms with Crippen LogP contribution in [0.3, 0.4) is 0 Å². The zero-order valence-corrected chi connectivity index (χ0v) is 12.7. The molecule has 1 aromatic carbocycles. The molecule has 2 heterocycles. The van der Waals surface area contributed by atoms with E-state index in [1.807, 2.05) is 29.2 Å².